The number of thiazole rings is 1. The quantitative estimate of drug-likeness (QED) is 0.760. The minimum atomic E-state index is -0.416. The van der Waals surface area contributed by atoms with Crippen LogP contribution >= 0.6 is 11.3 Å². The maximum atomic E-state index is 13.0. The molecule has 0 radical (unpaired) electrons. The average Bonchev–Trinajstić information content (AvgIpc) is 3.05. The summed E-state index contributed by atoms with van der Waals surface area (Å²) < 4.78 is 1.48. The van der Waals surface area contributed by atoms with Crippen molar-refractivity contribution in [3.05, 3.63) is 57.8 Å². The van der Waals surface area contributed by atoms with Crippen LogP contribution in [0.2, 0.25) is 0 Å². The topological polar surface area (TPSA) is 74.9 Å². The van der Waals surface area contributed by atoms with Crippen molar-refractivity contribution in [2.45, 2.75) is 19.9 Å². The normalized spacial score (nSPS) is 11.2. The Morgan fingerprint density at radius 1 is 1.32 bits per heavy atom. The standard InChI is InChI=1S/C18H19N3O3S/c1-12(2)20(8-9-22)16(23)14-10-19-18-21(17(14)24)15(11-25-18)13-6-4-3-5-7-13/h3-7,10-12,22H,8-9H2,1-2H3. The van der Waals surface area contributed by atoms with Crippen molar-refractivity contribution in [3.8, 4) is 11.3 Å². The van der Waals surface area contributed by atoms with E-state index in [1.54, 1.807) is 0 Å². The van der Waals surface area contributed by atoms with Crippen LogP contribution in [0.1, 0.15) is 24.2 Å². The van der Waals surface area contributed by atoms with Crippen molar-refractivity contribution in [2.75, 3.05) is 13.2 Å². The van der Waals surface area contributed by atoms with E-state index in [4.69, 9.17) is 0 Å². The number of aromatic nitrogens is 2. The van der Waals surface area contributed by atoms with E-state index in [0.29, 0.717) is 10.7 Å². The van der Waals surface area contributed by atoms with Gasteiger partial charge in [-0.2, -0.15) is 0 Å². The molecule has 1 aromatic carbocycles. The van der Waals surface area contributed by atoms with Crippen LogP contribution in [0.3, 0.4) is 0 Å². The Labute approximate surface area is 149 Å². The summed E-state index contributed by atoms with van der Waals surface area (Å²) in [6, 6.07) is 9.39. The first-order valence-corrected chi connectivity index (χ1v) is 8.89. The van der Waals surface area contributed by atoms with Gasteiger partial charge in [-0.05, 0) is 19.4 Å². The average molecular weight is 357 g/mol. The molecule has 6 nitrogen and oxygen atoms in total. The Morgan fingerprint density at radius 3 is 2.68 bits per heavy atom. The summed E-state index contributed by atoms with van der Waals surface area (Å²) in [5, 5.41) is 11.1. The third-order valence-electron chi connectivity index (χ3n) is 3.97. The molecule has 0 atom stereocenters. The molecule has 0 aliphatic carbocycles. The Bertz CT molecular complexity index is 947. The molecular weight excluding hydrogens is 338 g/mol. The van der Waals surface area contributed by atoms with Crippen LogP contribution in [0.4, 0.5) is 0 Å². The molecule has 7 heteroatoms. The summed E-state index contributed by atoms with van der Waals surface area (Å²) in [6.45, 7) is 3.71. The van der Waals surface area contributed by atoms with Gasteiger partial charge < -0.3 is 10.0 Å². The van der Waals surface area contributed by atoms with Crippen molar-refractivity contribution in [1.29, 1.82) is 0 Å². The molecular formula is C18H19N3O3S. The summed E-state index contributed by atoms with van der Waals surface area (Å²) >= 11 is 1.36. The van der Waals surface area contributed by atoms with Gasteiger partial charge in [0, 0.05) is 24.2 Å². The van der Waals surface area contributed by atoms with Crippen LogP contribution in [0.25, 0.3) is 16.2 Å². The van der Waals surface area contributed by atoms with E-state index in [0.717, 1.165) is 5.56 Å². The Balaban J connectivity index is 2.14. The number of benzene rings is 1. The van der Waals surface area contributed by atoms with Gasteiger partial charge in [0.2, 0.25) is 0 Å². The van der Waals surface area contributed by atoms with Crippen LogP contribution in [-0.2, 0) is 0 Å². The molecule has 0 aliphatic rings. The van der Waals surface area contributed by atoms with Crippen molar-refractivity contribution in [1.82, 2.24) is 14.3 Å². The molecule has 1 amide bonds. The first-order chi connectivity index (χ1) is 12.0. The van der Waals surface area contributed by atoms with Gasteiger partial charge in [0.25, 0.3) is 11.5 Å². The zero-order valence-electron chi connectivity index (χ0n) is 14.0. The molecule has 0 saturated carbocycles. The maximum absolute atomic E-state index is 13.0. The minimum Gasteiger partial charge on any atom is -0.395 e. The molecule has 25 heavy (non-hydrogen) atoms. The Hall–Kier alpha value is -2.51. The number of hydrogen-bond acceptors (Lipinski definition) is 5. The number of carbonyl (C=O) groups excluding carboxylic acids is 1. The van der Waals surface area contributed by atoms with Crippen molar-refractivity contribution >= 4 is 22.2 Å². The third-order valence-corrected chi connectivity index (χ3v) is 4.81. The summed E-state index contributed by atoms with van der Waals surface area (Å²) in [6.07, 6.45) is 1.33. The van der Waals surface area contributed by atoms with Crippen molar-refractivity contribution in [3.63, 3.8) is 0 Å². The van der Waals surface area contributed by atoms with E-state index in [2.05, 4.69) is 4.98 Å². The third kappa shape index (κ3) is 3.20. The number of carbonyl (C=O) groups is 1. The lowest BCUT2D eigenvalue weighted by molar-refractivity contribution is 0.0663. The van der Waals surface area contributed by atoms with Crippen LogP contribution in [0.5, 0.6) is 0 Å². The van der Waals surface area contributed by atoms with Crippen LogP contribution in [-0.4, -0.2) is 44.5 Å². The summed E-state index contributed by atoms with van der Waals surface area (Å²) in [5.74, 6) is -0.416. The second-order valence-electron chi connectivity index (χ2n) is 5.90. The molecule has 3 aromatic rings. The van der Waals surface area contributed by atoms with E-state index < -0.39 is 11.5 Å². The number of amides is 1. The molecule has 0 fully saturated rings. The lowest BCUT2D eigenvalue weighted by Crippen LogP contribution is -2.41. The largest absolute Gasteiger partial charge is 0.395 e. The fourth-order valence-corrected chi connectivity index (χ4v) is 3.57. The highest BCUT2D eigenvalue weighted by molar-refractivity contribution is 7.15. The van der Waals surface area contributed by atoms with Gasteiger partial charge in [0.15, 0.2) is 4.96 Å². The Morgan fingerprint density at radius 2 is 2.04 bits per heavy atom. The molecule has 130 valence electrons. The van der Waals surface area contributed by atoms with Gasteiger partial charge in [-0.25, -0.2) is 4.98 Å². The van der Waals surface area contributed by atoms with Gasteiger partial charge in [-0.15, -0.1) is 11.3 Å². The highest BCUT2D eigenvalue weighted by Crippen LogP contribution is 2.23. The van der Waals surface area contributed by atoms with Gasteiger partial charge in [0.1, 0.15) is 5.56 Å². The molecule has 0 bridgehead atoms. The fourth-order valence-electron chi connectivity index (χ4n) is 2.71. The van der Waals surface area contributed by atoms with E-state index in [-0.39, 0.29) is 24.8 Å². The molecule has 0 saturated heterocycles. The smallest absolute Gasteiger partial charge is 0.271 e. The summed E-state index contributed by atoms with van der Waals surface area (Å²) in [4.78, 5) is 32.0. The molecule has 3 rings (SSSR count). The predicted octanol–water partition coefficient (Wildman–Crippen LogP) is 2.27. The number of rotatable bonds is 5. The van der Waals surface area contributed by atoms with Crippen molar-refractivity contribution in [2.24, 2.45) is 0 Å². The van der Waals surface area contributed by atoms with Crippen LogP contribution in [0.15, 0.2) is 46.7 Å². The lowest BCUT2D eigenvalue weighted by Gasteiger charge is -2.25. The van der Waals surface area contributed by atoms with Gasteiger partial charge >= 0.3 is 0 Å². The van der Waals surface area contributed by atoms with Gasteiger partial charge in [0.05, 0.1) is 12.3 Å². The maximum Gasteiger partial charge on any atom is 0.271 e. The SMILES string of the molecule is CC(C)N(CCO)C(=O)c1cnc2scc(-c3ccccc3)n2c1=O. The highest BCUT2D eigenvalue weighted by Gasteiger charge is 2.23. The van der Waals surface area contributed by atoms with E-state index in [9.17, 15) is 14.7 Å². The van der Waals surface area contributed by atoms with Gasteiger partial charge in [-0.1, -0.05) is 30.3 Å². The monoisotopic (exact) mass is 357 g/mol. The summed E-state index contributed by atoms with van der Waals surface area (Å²) in [5.41, 5.74) is 1.22. The van der Waals surface area contributed by atoms with Crippen molar-refractivity contribution < 1.29 is 9.90 Å². The molecule has 1 N–H and O–H groups in total. The first-order valence-electron chi connectivity index (χ1n) is 8.01. The zero-order valence-corrected chi connectivity index (χ0v) is 14.9. The molecule has 0 spiro atoms. The van der Waals surface area contributed by atoms with Gasteiger partial charge in [-0.3, -0.25) is 14.0 Å². The first kappa shape index (κ1) is 17.3. The summed E-state index contributed by atoms with van der Waals surface area (Å²) in [7, 11) is 0. The second kappa shape index (κ2) is 7.16. The number of fused-ring (bicyclic) bond motifs is 1. The molecule has 0 unspecified atom stereocenters. The minimum absolute atomic E-state index is 0.00947. The highest BCUT2D eigenvalue weighted by atomic mass is 32.1. The zero-order chi connectivity index (χ0) is 18.0. The predicted molar refractivity (Wildman–Crippen MR) is 98.0 cm³/mol. The molecule has 2 aromatic heterocycles. The molecule has 0 aliphatic heterocycles. The lowest BCUT2D eigenvalue weighted by atomic mass is 10.2. The second-order valence-corrected chi connectivity index (χ2v) is 6.73. The van der Waals surface area contributed by atoms with Crippen LogP contribution < -0.4 is 5.56 Å². The van der Waals surface area contributed by atoms with E-state index in [1.807, 2.05) is 49.6 Å². The number of aliphatic hydroxyl groups is 1. The number of nitrogens with zero attached hydrogens (tertiary/aromatic N) is 3. The van der Waals surface area contributed by atoms with E-state index >= 15 is 0 Å². The number of hydrogen-bond donors (Lipinski definition) is 1. The van der Waals surface area contributed by atoms with E-state index in [1.165, 1.54) is 26.8 Å². The number of aliphatic hydroxyl groups excluding tert-OH is 1. The fraction of sp³-hybridized carbons (Fsp3) is 0.278. The Kier molecular flexibility index (Phi) is 4.96. The van der Waals surface area contributed by atoms with Crippen LogP contribution in [0, 0.1) is 0 Å². The molecule has 2 heterocycles.